The van der Waals surface area contributed by atoms with Gasteiger partial charge < -0.3 is 19.2 Å². The summed E-state index contributed by atoms with van der Waals surface area (Å²) in [6.07, 6.45) is 1.47. The van der Waals surface area contributed by atoms with Crippen molar-refractivity contribution in [2.45, 2.75) is 6.61 Å². The average Bonchev–Trinajstić information content (AvgIpc) is 3.10. The maximum absolute atomic E-state index is 12.5. The maximum Gasteiger partial charge on any atom is 0.291 e. The second-order valence-electron chi connectivity index (χ2n) is 5.03. The third kappa shape index (κ3) is 3.57. The van der Waals surface area contributed by atoms with Crippen molar-refractivity contribution in [2.75, 3.05) is 12.4 Å². The zero-order valence-electron chi connectivity index (χ0n) is 13.2. The zero-order chi connectivity index (χ0) is 16.8. The molecule has 0 aliphatic heterocycles. The molecule has 5 nitrogen and oxygen atoms in total. The predicted octanol–water partition coefficient (Wildman–Crippen LogP) is 4.12. The van der Waals surface area contributed by atoms with Crippen LogP contribution in [-0.4, -0.2) is 13.0 Å². The third-order valence-corrected chi connectivity index (χ3v) is 3.45. The van der Waals surface area contributed by atoms with Crippen LogP contribution in [0, 0.1) is 0 Å². The van der Waals surface area contributed by atoms with E-state index in [1.807, 2.05) is 42.5 Å². The number of hydrogen-bond acceptors (Lipinski definition) is 4. The van der Waals surface area contributed by atoms with Crippen molar-refractivity contribution >= 4 is 11.6 Å². The van der Waals surface area contributed by atoms with E-state index in [2.05, 4.69) is 5.32 Å². The Kier molecular flexibility index (Phi) is 4.81. The molecule has 1 amide bonds. The second-order valence-corrected chi connectivity index (χ2v) is 5.03. The molecule has 0 aliphatic rings. The van der Waals surface area contributed by atoms with E-state index in [1.165, 1.54) is 6.26 Å². The van der Waals surface area contributed by atoms with E-state index >= 15 is 0 Å². The number of hydrogen-bond donors (Lipinski definition) is 1. The average molecular weight is 323 g/mol. The zero-order valence-corrected chi connectivity index (χ0v) is 13.2. The molecule has 24 heavy (non-hydrogen) atoms. The number of anilines is 1. The molecule has 0 bridgehead atoms. The Morgan fingerprint density at radius 3 is 2.58 bits per heavy atom. The summed E-state index contributed by atoms with van der Waals surface area (Å²) < 4.78 is 16.2. The van der Waals surface area contributed by atoms with E-state index in [4.69, 9.17) is 13.9 Å². The van der Waals surface area contributed by atoms with Crippen LogP contribution < -0.4 is 14.8 Å². The number of nitrogens with one attached hydrogen (secondary N) is 1. The van der Waals surface area contributed by atoms with Crippen molar-refractivity contribution in [3.63, 3.8) is 0 Å². The largest absolute Gasteiger partial charge is 0.495 e. The van der Waals surface area contributed by atoms with Crippen LogP contribution in [0.3, 0.4) is 0 Å². The minimum atomic E-state index is -0.351. The summed E-state index contributed by atoms with van der Waals surface area (Å²) in [6, 6.07) is 18.3. The molecule has 1 N–H and O–H groups in total. The highest BCUT2D eigenvalue weighted by Crippen LogP contribution is 2.24. The Balaban J connectivity index is 1.71. The van der Waals surface area contributed by atoms with Crippen LogP contribution >= 0.6 is 0 Å². The molecule has 3 rings (SSSR count). The lowest BCUT2D eigenvalue weighted by molar-refractivity contribution is 0.0993. The molecule has 5 heteroatoms. The van der Waals surface area contributed by atoms with Gasteiger partial charge in [0.05, 0.1) is 19.1 Å². The molecule has 122 valence electrons. The highest BCUT2D eigenvalue weighted by molar-refractivity contribution is 6.04. The summed E-state index contributed by atoms with van der Waals surface area (Å²) in [4.78, 5) is 12.5. The van der Waals surface area contributed by atoms with Gasteiger partial charge >= 0.3 is 0 Å². The maximum atomic E-state index is 12.5. The van der Waals surface area contributed by atoms with Gasteiger partial charge in [-0.15, -0.1) is 0 Å². The van der Waals surface area contributed by atoms with Crippen molar-refractivity contribution in [1.29, 1.82) is 0 Å². The fourth-order valence-electron chi connectivity index (χ4n) is 2.25. The standard InChI is InChI=1S/C19H17NO4/c1-22-17-10-6-5-9-16(17)20-19(21)18-14(11-12-23-18)13-24-15-7-3-2-4-8-15/h2-12H,13H2,1H3,(H,20,21). The first kappa shape index (κ1) is 15.7. The van der Waals surface area contributed by atoms with Gasteiger partial charge in [0.15, 0.2) is 5.76 Å². The lowest BCUT2D eigenvalue weighted by atomic mass is 10.2. The lowest BCUT2D eigenvalue weighted by Crippen LogP contribution is -2.14. The van der Waals surface area contributed by atoms with Gasteiger partial charge in [-0.1, -0.05) is 30.3 Å². The number of methoxy groups -OCH3 is 1. The van der Waals surface area contributed by atoms with Gasteiger partial charge in [-0.25, -0.2) is 0 Å². The van der Waals surface area contributed by atoms with Crippen LogP contribution in [0.2, 0.25) is 0 Å². The predicted molar refractivity (Wildman–Crippen MR) is 90.4 cm³/mol. The molecule has 0 spiro atoms. The van der Waals surface area contributed by atoms with Gasteiger partial charge in [0.1, 0.15) is 18.1 Å². The van der Waals surface area contributed by atoms with Crippen LogP contribution in [0.25, 0.3) is 0 Å². The van der Waals surface area contributed by atoms with Gasteiger partial charge in [-0.3, -0.25) is 4.79 Å². The summed E-state index contributed by atoms with van der Waals surface area (Å²) in [5.74, 6) is 1.18. The van der Waals surface area contributed by atoms with E-state index in [0.717, 1.165) is 5.75 Å². The molecule has 0 radical (unpaired) electrons. The third-order valence-electron chi connectivity index (χ3n) is 3.45. The van der Waals surface area contributed by atoms with Gasteiger partial charge in [0.25, 0.3) is 5.91 Å². The van der Waals surface area contributed by atoms with E-state index in [-0.39, 0.29) is 18.3 Å². The lowest BCUT2D eigenvalue weighted by Gasteiger charge is -2.10. The molecular weight excluding hydrogens is 306 g/mol. The molecule has 3 aromatic rings. The van der Waals surface area contributed by atoms with E-state index in [0.29, 0.717) is 17.0 Å². The number of carbonyl (C=O) groups excluding carboxylic acids is 1. The topological polar surface area (TPSA) is 60.7 Å². The van der Waals surface area contributed by atoms with E-state index in [1.54, 1.807) is 25.3 Å². The number of amides is 1. The minimum absolute atomic E-state index is 0.219. The first-order chi connectivity index (χ1) is 11.8. The molecular formula is C19H17NO4. The summed E-state index contributed by atoms with van der Waals surface area (Å²) >= 11 is 0. The van der Waals surface area contributed by atoms with Crippen molar-refractivity contribution in [3.8, 4) is 11.5 Å². The van der Waals surface area contributed by atoms with Gasteiger partial charge in [-0.2, -0.15) is 0 Å². The smallest absolute Gasteiger partial charge is 0.291 e. The van der Waals surface area contributed by atoms with Crippen LogP contribution in [0.1, 0.15) is 16.1 Å². The molecule has 0 unspecified atom stereocenters. The Labute approximate surface area is 139 Å². The molecule has 1 aromatic heterocycles. The molecule has 1 heterocycles. The Morgan fingerprint density at radius 2 is 1.79 bits per heavy atom. The van der Waals surface area contributed by atoms with Crippen LogP contribution in [0.5, 0.6) is 11.5 Å². The van der Waals surface area contributed by atoms with Crippen LogP contribution in [0.4, 0.5) is 5.69 Å². The van der Waals surface area contributed by atoms with Gasteiger partial charge in [-0.05, 0) is 30.3 Å². The quantitative estimate of drug-likeness (QED) is 0.741. The van der Waals surface area contributed by atoms with Crippen LogP contribution in [0.15, 0.2) is 71.3 Å². The van der Waals surface area contributed by atoms with Crippen molar-refractivity contribution in [3.05, 3.63) is 78.3 Å². The number of furan rings is 1. The summed E-state index contributed by atoms with van der Waals surface area (Å²) in [5, 5.41) is 2.79. The SMILES string of the molecule is COc1ccccc1NC(=O)c1occc1COc1ccccc1. The van der Waals surface area contributed by atoms with Crippen molar-refractivity contribution in [2.24, 2.45) is 0 Å². The van der Waals surface area contributed by atoms with E-state index < -0.39 is 0 Å². The monoisotopic (exact) mass is 323 g/mol. The first-order valence-electron chi connectivity index (χ1n) is 7.46. The van der Waals surface area contributed by atoms with Gasteiger partial charge in [0, 0.05) is 5.56 Å². The molecule has 0 atom stereocenters. The summed E-state index contributed by atoms with van der Waals surface area (Å²) in [7, 11) is 1.55. The number of para-hydroxylation sites is 3. The van der Waals surface area contributed by atoms with Crippen molar-refractivity contribution in [1.82, 2.24) is 0 Å². The number of rotatable bonds is 6. The highest BCUT2D eigenvalue weighted by atomic mass is 16.5. The number of carbonyl (C=O) groups is 1. The Morgan fingerprint density at radius 1 is 1.04 bits per heavy atom. The number of benzene rings is 2. The first-order valence-corrected chi connectivity index (χ1v) is 7.46. The molecule has 0 saturated heterocycles. The minimum Gasteiger partial charge on any atom is -0.495 e. The summed E-state index contributed by atoms with van der Waals surface area (Å²) in [6.45, 7) is 0.245. The highest BCUT2D eigenvalue weighted by Gasteiger charge is 2.17. The Bertz CT molecular complexity index is 811. The summed E-state index contributed by atoms with van der Waals surface area (Å²) in [5.41, 5.74) is 1.25. The molecule has 0 aliphatic carbocycles. The van der Waals surface area contributed by atoms with Gasteiger partial charge in [0.2, 0.25) is 0 Å². The van der Waals surface area contributed by atoms with Crippen LogP contribution in [-0.2, 0) is 6.61 Å². The second kappa shape index (κ2) is 7.37. The molecule has 2 aromatic carbocycles. The van der Waals surface area contributed by atoms with E-state index in [9.17, 15) is 4.79 Å². The Hall–Kier alpha value is -3.21. The molecule has 0 fully saturated rings. The molecule has 0 saturated carbocycles. The number of ether oxygens (including phenoxy) is 2. The fraction of sp³-hybridized carbons (Fsp3) is 0.105. The van der Waals surface area contributed by atoms with Crippen molar-refractivity contribution < 1.29 is 18.7 Å². The normalized spacial score (nSPS) is 10.2. The fourth-order valence-corrected chi connectivity index (χ4v) is 2.25.